The maximum absolute atomic E-state index is 12.9. The molecule has 3 aliphatic rings. The molecule has 2 unspecified atom stereocenters. The van der Waals surface area contributed by atoms with Crippen LogP contribution in [0.4, 0.5) is 4.79 Å². The molecule has 6 heteroatoms. The summed E-state index contributed by atoms with van der Waals surface area (Å²) in [4.78, 5) is 35.0. The summed E-state index contributed by atoms with van der Waals surface area (Å²) < 4.78 is 0. The number of H-pyrrole nitrogens is 1. The van der Waals surface area contributed by atoms with Crippen molar-refractivity contribution in [3.05, 3.63) is 27.4 Å². The van der Waals surface area contributed by atoms with Gasteiger partial charge in [0, 0.05) is 43.0 Å². The van der Waals surface area contributed by atoms with Crippen LogP contribution in [0.3, 0.4) is 0 Å². The SMILES string of the molecule is CCc1nc2c(c(=O)[nH]1)CC1CCC(C2)N1C(=O)NC1CCCCC1. The van der Waals surface area contributed by atoms with Crippen LogP contribution in [0.25, 0.3) is 0 Å². The Hall–Kier alpha value is -1.85. The molecule has 0 spiro atoms. The molecule has 2 fully saturated rings. The van der Waals surface area contributed by atoms with E-state index in [2.05, 4.69) is 15.3 Å². The summed E-state index contributed by atoms with van der Waals surface area (Å²) >= 11 is 0. The molecular weight excluding hydrogens is 316 g/mol. The van der Waals surface area contributed by atoms with Crippen molar-refractivity contribution in [3.63, 3.8) is 0 Å². The van der Waals surface area contributed by atoms with Crippen LogP contribution in [0.5, 0.6) is 0 Å². The standard InChI is InChI=1S/C19H28N4O2/c1-2-17-21-16-11-14-9-8-13(10-15(16)18(24)22-17)23(14)19(25)20-12-6-4-3-5-7-12/h12-14H,2-11H2,1H3,(H,20,25)(H,21,22,24). The smallest absolute Gasteiger partial charge is 0.318 e. The Kier molecular flexibility index (Phi) is 4.52. The fourth-order valence-electron chi connectivity index (χ4n) is 4.79. The molecule has 6 nitrogen and oxygen atoms in total. The second-order valence-electron chi connectivity index (χ2n) is 7.78. The molecule has 1 saturated heterocycles. The molecular formula is C19H28N4O2. The Bertz CT molecular complexity index is 708. The maximum atomic E-state index is 12.9. The van der Waals surface area contributed by atoms with Gasteiger partial charge in [0.25, 0.3) is 5.56 Å². The number of carbonyl (C=O) groups excluding carboxylic acids is 1. The van der Waals surface area contributed by atoms with Gasteiger partial charge in [-0.05, 0) is 25.7 Å². The van der Waals surface area contributed by atoms with E-state index in [4.69, 9.17) is 0 Å². The normalized spacial score (nSPS) is 26.2. The van der Waals surface area contributed by atoms with Crippen molar-refractivity contribution >= 4 is 6.03 Å². The molecule has 2 bridgehead atoms. The number of rotatable bonds is 2. The topological polar surface area (TPSA) is 78.1 Å². The fourth-order valence-corrected chi connectivity index (χ4v) is 4.79. The monoisotopic (exact) mass is 344 g/mol. The minimum Gasteiger partial charge on any atom is -0.335 e. The van der Waals surface area contributed by atoms with Gasteiger partial charge in [0.1, 0.15) is 5.82 Å². The van der Waals surface area contributed by atoms with E-state index < -0.39 is 0 Å². The van der Waals surface area contributed by atoms with Crippen molar-refractivity contribution in [1.82, 2.24) is 20.2 Å². The first-order chi connectivity index (χ1) is 12.2. The van der Waals surface area contributed by atoms with Gasteiger partial charge in [-0.1, -0.05) is 26.2 Å². The molecule has 2 aliphatic heterocycles. The largest absolute Gasteiger partial charge is 0.335 e. The maximum Gasteiger partial charge on any atom is 0.318 e. The molecule has 3 heterocycles. The van der Waals surface area contributed by atoms with E-state index in [1.54, 1.807) is 0 Å². The number of aryl methyl sites for hydroxylation is 1. The highest BCUT2D eigenvalue weighted by Crippen LogP contribution is 2.33. The number of nitrogens with zero attached hydrogens (tertiary/aromatic N) is 2. The molecule has 1 aromatic rings. The number of fused-ring (bicyclic) bond motifs is 3. The fraction of sp³-hybridized carbons (Fsp3) is 0.737. The quantitative estimate of drug-likeness (QED) is 0.864. The summed E-state index contributed by atoms with van der Waals surface area (Å²) in [6.07, 6.45) is 9.96. The third-order valence-electron chi connectivity index (χ3n) is 6.14. The molecule has 1 aliphatic carbocycles. The molecule has 2 amide bonds. The van der Waals surface area contributed by atoms with E-state index in [1.165, 1.54) is 19.3 Å². The zero-order valence-electron chi connectivity index (χ0n) is 15.0. The van der Waals surface area contributed by atoms with E-state index in [0.717, 1.165) is 49.2 Å². The van der Waals surface area contributed by atoms with Crippen molar-refractivity contribution < 1.29 is 4.79 Å². The van der Waals surface area contributed by atoms with Gasteiger partial charge < -0.3 is 15.2 Å². The average molecular weight is 344 g/mol. The van der Waals surface area contributed by atoms with E-state index in [0.29, 0.717) is 18.9 Å². The number of aromatic nitrogens is 2. The number of urea groups is 1. The van der Waals surface area contributed by atoms with Gasteiger partial charge in [-0.3, -0.25) is 4.79 Å². The summed E-state index contributed by atoms with van der Waals surface area (Å²) in [5, 5.41) is 3.26. The lowest BCUT2D eigenvalue weighted by atomic mass is 9.96. The average Bonchev–Trinajstić information content (AvgIpc) is 2.91. The number of hydrogen-bond donors (Lipinski definition) is 2. The van der Waals surface area contributed by atoms with Crippen molar-refractivity contribution in [1.29, 1.82) is 0 Å². The lowest BCUT2D eigenvalue weighted by molar-refractivity contribution is 0.167. The molecule has 136 valence electrons. The number of carbonyl (C=O) groups is 1. The van der Waals surface area contributed by atoms with Crippen molar-refractivity contribution in [2.75, 3.05) is 0 Å². The highest BCUT2D eigenvalue weighted by molar-refractivity contribution is 5.76. The summed E-state index contributed by atoms with van der Waals surface area (Å²) in [6, 6.07) is 0.693. The summed E-state index contributed by atoms with van der Waals surface area (Å²) in [7, 11) is 0. The van der Waals surface area contributed by atoms with Crippen LogP contribution in [0.1, 0.15) is 69.0 Å². The van der Waals surface area contributed by atoms with Crippen LogP contribution in [-0.4, -0.2) is 39.0 Å². The number of aromatic amines is 1. The Morgan fingerprint density at radius 2 is 1.88 bits per heavy atom. The highest BCUT2D eigenvalue weighted by atomic mass is 16.2. The van der Waals surface area contributed by atoms with Crippen molar-refractivity contribution in [2.45, 2.75) is 89.3 Å². The molecule has 1 saturated carbocycles. The number of amides is 2. The Labute approximate surface area is 148 Å². The van der Waals surface area contributed by atoms with Gasteiger partial charge in [-0.15, -0.1) is 0 Å². The van der Waals surface area contributed by atoms with Gasteiger partial charge in [0.2, 0.25) is 0 Å². The molecule has 2 N–H and O–H groups in total. The first-order valence-corrected chi connectivity index (χ1v) is 9.85. The molecule has 0 radical (unpaired) electrons. The zero-order valence-corrected chi connectivity index (χ0v) is 15.0. The minimum atomic E-state index is -0.0120. The van der Waals surface area contributed by atoms with E-state index in [1.807, 2.05) is 11.8 Å². The van der Waals surface area contributed by atoms with Gasteiger partial charge in [-0.25, -0.2) is 9.78 Å². The van der Waals surface area contributed by atoms with Gasteiger partial charge in [0.05, 0.1) is 5.69 Å². The second kappa shape index (κ2) is 6.81. The first kappa shape index (κ1) is 16.6. The summed E-state index contributed by atoms with van der Waals surface area (Å²) in [5.41, 5.74) is 1.69. The van der Waals surface area contributed by atoms with Gasteiger partial charge >= 0.3 is 6.03 Å². The van der Waals surface area contributed by atoms with Crippen molar-refractivity contribution in [2.24, 2.45) is 0 Å². The lowest BCUT2D eigenvalue weighted by Gasteiger charge is -2.31. The molecule has 1 aromatic heterocycles. The zero-order chi connectivity index (χ0) is 17.4. The Balaban J connectivity index is 1.55. The first-order valence-electron chi connectivity index (χ1n) is 9.85. The minimum absolute atomic E-state index is 0.0120. The Morgan fingerprint density at radius 1 is 1.16 bits per heavy atom. The predicted octanol–water partition coefficient (Wildman–Crippen LogP) is 2.31. The Morgan fingerprint density at radius 3 is 2.60 bits per heavy atom. The third-order valence-corrected chi connectivity index (χ3v) is 6.14. The highest BCUT2D eigenvalue weighted by Gasteiger charge is 2.41. The third kappa shape index (κ3) is 3.18. The summed E-state index contributed by atoms with van der Waals surface area (Å²) in [6.45, 7) is 2.00. The van der Waals surface area contributed by atoms with Crippen LogP contribution in [0.2, 0.25) is 0 Å². The van der Waals surface area contributed by atoms with E-state index in [-0.39, 0.29) is 23.7 Å². The summed E-state index contributed by atoms with van der Waals surface area (Å²) in [5.74, 6) is 0.750. The van der Waals surface area contributed by atoms with Crippen LogP contribution in [-0.2, 0) is 19.3 Å². The van der Waals surface area contributed by atoms with Crippen LogP contribution in [0.15, 0.2) is 4.79 Å². The molecule has 0 aromatic carbocycles. The van der Waals surface area contributed by atoms with Crippen LogP contribution >= 0.6 is 0 Å². The van der Waals surface area contributed by atoms with Gasteiger partial charge in [-0.2, -0.15) is 0 Å². The number of nitrogens with one attached hydrogen (secondary N) is 2. The van der Waals surface area contributed by atoms with E-state index in [9.17, 15) is 9.59 Å². The molecule has 2 atom stereocenters. The number of hydrogen-bond acceptors (Lipinski definition) is 3. The predicted molar refractivity (Wildman–Crippen MR) is 95.7 cm³/mol. The van der Waals surface area contributed by atoms with Gasteiger partial charge in [0.15, 0.2) is 0 Å². The molecule has 4 rings (SSSR count). The van der Waals surface area contributed by atoms with E-state index >= 15 is 0 Å². The van der Waals surface area contributed by atoms with Crippen LogP contribution < -0.4 is 10.9 Å². The van der Waals surface area contributed by atoms with Crippen LogP contribution in [0, 0.1) is 0 Å². The lowest BCUT2D eigenvalue weighted by Crippen LogP contribution is -2.50. The second-order valence-corrected chi connectivity index (χ2v) is 7.78. The van der Waals surface area contributed by atoms with Crippen molar-refractivity contribution in [3.8, 4) is 0 Å². The molecule has 25 heavy (non-hydrogen) atoms.